The second-order valence-corrected chi connectivity index (χ2v) is 5.66. The maximum atomic E-state index is 3.29. The summed E-state index contributed by atoms with van der Waals surface area (Å²) in [7, 11) is 0. The van der Waals surface area contributed by atoms with E-state index in [1.165, 1.54) is 32.3 Å². The molecular formula is C24H16. The van der Waals surface area contributed by atoms with E-state index in [1.807, 2.05) is 36.4 Å². The van der Waals surface area contributed by atoms with Crippen LogP contribution in [0.2, 0.25) is 0 Å². The molecule has 0 aromatic heterocycles. The highest BCUT2D eigenvalue weighted by molar-refractivity contribution is 6.16. The van der Waals surface area contributed by atoms with Crippen LogP contribution in [0.5, 0.6) is 0 Å². The van der Waals surface area contributed by atoms with Crippen molar-refractivity contribution < 1.29 is 0 Å². The van der Waals surface area contributed by atoms with Crippen molar-refractivity contribution in [3.8, 4) is 0 Å². The van der Waals surface area contributed by atoms with Crippen molar-refractivity contribution in [3.63, 3.8) is 0 Å². The monoisotopic (exact) mass is 304 g/mol. The van der Waals surface area contributed by atoms with E-state index >= 15 is 0 Å². The van der Waals surface area contributed by atoms with Crippen LogP contribution in [0, 0.1) is 12.1 Å². The average Bonchev–Trinajstić information content (AvgIpc) is 2.69. The van der Waals surface area contributed by atoms with Crippen LogP contribution in [0.25, 0.3) is 32.3 Å². The topological polar surface area (TPSA) is 0 Å². The Morgan fingerprint density at radius 1 is 0.458 bits per heavy atom. The first kappa shape index (κ1) is 14.5. The molecule has 0 saturated heterocycles. The lowest BCUT2D eigenvalue weighted by molar-refractivity contribution is 1.70. The normalized spacial score (nSPS) is 10.5. The van der Waals surface area contributed by atoms with Crippen LogP contribution in [-0.4, -0.2) is 0 Å². The summed E-state index contributed by atoms with van der Waals surface area (Å²) in [4.78, 5) is 0. The van der Waals surface area contributed by atoms with Gasteiger partial charge in [-0.25, -0.2) is 0 Å². The zero-order valence-electron chi connectivity index (χ0n) is 13.2. The Kier molecular flexibility index (Phi) is 3.95. The first-order valence-electron chi connectivity index (χ1n) is 8.05. The van der Waals surface area contributed by atoms with E-state index in [4.69, 9.17) is 0 Å². The Bertz CT molecular complexity index is 990. The van der Waals surface area contributed by atoms with Crippen LogP contribution in [0.4, 0.5) is 0 Å². The first-order chi connectivity index (χ1) is 11.9. The maximum absolute atomic E-state index is 3.29. The number of fused-ring (bicyclic) bond motifs is 5. The summed E-state index contributed by atoms with van der Waals surface area (Å²) in [6, 6.07) is 39.3. The summed E-state index contributed by atoms with van der Waals surface area (Å²) in [5, 5.41) is 7.70. The standard InChI is InChI=1S/C18H11.C6H5/c1-3-7-15-13(5-1)9-11-18-16-8-4-2-6-14(16)10-12-17(15)18;1-2-4-6-5-3-1/h1-5,7-12H;1-5H. The highest BCUT2D eigenvalue weighted by atomic mass is 14.1. The molecule has 24 heavy (non-hydrogen) atoms. The molecule has 0 bridgehead atoms. The summed E-state index contributed by atoms with van der Waals surface area (Å²) in [6.45, 7) is 0. The summed E-state index contributed by atoms with van der Waals surface area (Å²) in [6.07, 6.45) is 0. The molecule has 0 amide bonds. The lowest BCUT2D eigenvalue weighted by Gasteiger charge is -2.06. The summed E-state index contributed by atoms with van der Waals surface area (Å²) in [5.74, 6) is 0. The predicted octanol–water partition coefficient (Wildman–Crippen LogP) is 6.43. The van der Waals surface area contributed by atoms with Gasteiger partial charge in [0.25, 0.3) is 0 Å². The Hall–Kier alpha value is -3.12. The zero-order chi connectivity index (χ0) is 16.2. The maximum Gasteiger partial charge on any atom is -0.00987 e. The molecule has 112 valence electrons. The summed E-state index contributed by atoms with van der Waals surface area (Å²) in [5.41, 5.74) is 0. The van der Waals surface area contributed by atoms with Crippen molar-refractivity contribution in [2.75, 3.05) is 0 Å². The molecule has 0 spiro atoms. The van der Waals surface area contributed by atoms with E-state index < -0.39 is 0 Å². The molecule has 5 aromatic carbocycles. The van der Waals surface area contributed by atoms with Gasteiger partial charge >= 0.3 is 0 Å². The van der Waals surface area contributed by atoms with Gasteiger partial charge in [-0.1, -0.05) is 97.1 Å². The average molecular weight is 304 g/mol. The molecule has 2 radical (unpaired) electrons. The van der Waals surface area contributed by atoms with Gasteiger partial charge in [0.05, 0.1) is 0 Å². The Balaban J connectivity index is 0.000000207. The largest absolute Gasteiger partial charge is 0.0622 e. The van der Waals surface area contributed by atoms with Gasteiger partial charge in [0.15, 0.2) is 0 Å². The van der Waals surface area contributed by atoms with Gasteiger partial charge < -0.3 is 0 Å². The fourth-order valence-corrected chi connectivity index (χ4v) is 3.04. The van der Waals surface area contributed by atoms with E-state index in [2.05, 4.69) is 72.8 Å². The first-order valence-corrected chi connectivity index (χ1v) is 8.05. The minimum atomic E-state index is 1.18. The highest BCUT2D eigenvalue weighted by Crippen LogP contribution is 2.30. The molecule has 0 N–H and O–H groups in total. The van der Waals surface area contributed by atoms with Crippen LogP contribution in [0.1, 0.15) is 0 Å². The molecular weight excluding hydrogens is 288 g/mol. The van der Waals surface area contributed by atoms with E-state index in [-0.39, 0.29) is 0 Å². The SMILES string of the molecule is [c]1cccc2c1ccc1c3ccccc3ccc21.[c]1ccccc1. The van der Waals surface area contributed by atoms with Gasteiger partial charge in [0, 0.05) is 0 Å². The van der Waals surface area contributed by atoms with Gasteiger partial charge in [-0.3, -0.25) is 0 Å². The fraction of sp³-hybridized carbons (Fsp3) is 0. The van der Waals surface area contributed by atoms with Crippen LogP contribution < -0.4 is 0 Å². The fourth-order valence-electron chi connectivity index (χ4n) is 3.04. The number of hydrogen-bond acceptors (Lipinski definition) is 0. The van der Waals surface area contributed by atoms with Gasteiger partial charge in [-0.05, 0) is 44.5 Å². The summed E-state index contributed by atoms with van der Waals surface area (Å²) < 4.78 is 0. The van der Waals surface area contributed by atoms with Crippen LogP contribution in [0.15, 0.2) is 97.1 Å². The predicted molar refractivity (Wildman–Crippen MR) is 103 cm³/mol. The minimum absolute atomic E-state index is 1.18. The zero-order valence-corrected chi connectivity index (χ0v) is 13.2. The van der Waals surface area contributed by atoms with Gasteiger partial charge in [0.2, 0.25) is 0 Å². The smallest absolute Gasteiger partial charge is 0.00987 e. The third-order valence-electron chi connectivity index (χ3n) is 4.17. The van der Waals surface area contributed by atoms with E-state index in [1.54, 1.807) is 0 Å². The Labute approximate surface area is 142 Å². The minimum Gasteiger partial charge on any atom is -0.0622 e. The second kappa shape index (κ2) is 6.55. The third-order valence-corrected chi connectivity index (χ3v) is 4.17. The van der Waals surface area contributed by atoms with Crippen molar-refractivity contribution >= 4 is 32.3 Å². The van der Waals surface area contributed by atoms with Crippen LogP contribution in [-0.2, 0) is 0 Å². The quantitative estimate of drug-likeness (QED) is 0.289. The molecule has 0 fully saturated rings. The molecule has 0 heterocycles. The van der Waals surface area contributed by atoms with Crippen molar-refractivity contribution in [3.05, 3.63) is 109 Å². The number of rotatable bonds is 0. The molecule has 5 rings (SSSR count). The van der Waals surface area contributed by atoms with Gasteiger partial charge in [0.1, 0.15) is 0 Å². The molecule has 0 atom stereocenters. The third kappa shape index (κ3) is 2.75. The van der Waals surface area contributed by atoms with Gasteiger partial charge in [-0.15, -0.1) is 0 Å². The van der Waals surface area contributed by atoms with Crippen molar-refractivity contribution in [2.24, 2.45) is 0 Å². The van der Waals surface area contributed by atoms with Gasteiger partial charge in [-0.2, -0.15) is 0 Å². The van der Waals surface area contributed by atoms with Crippen molar-refractivity contribution in [2.45, 2.75) is 0 Å². The van der Waals surface area contributed by atoms with E-state index in [0.717, 1.165) is 0 Å². The lowest BCUT2D eigenvalue weighted by Crippen LogP contribution is -1.80. The van der Waals surface area contributed by atoms with Crippen molar-refractivity contribution in [1.29, 1.82) is 0 Å². The molecule has 0 aliphatic heterocycles. The molecule has 0 unspecified atom stereocenters. The molecule has 0 heteroatoms. The number of hydrogen-bond donors (Lipinski definition) is 0. The number of benzene rings is 5. The van der Waals surface area contributed by atoms with E-state index in [0.29, 0.717) is 0 Å². The lowest BCUT2D eigenvalue weighted by atomic mass is 9.97. The molecule has 0 saturated carbocycles. The van der Waals surface area contributed by atoms with Crippen LogP contribution in [0.3, 0.4) is 0 Å². The van der Waals surface area contributed by atoms with Crippen LogP contribution >= 0.6 is 0 Å². The molecule has 0 nitrogen and oxygen atoms in total. The highest BCUT2D eigenvalue weighted by Gasteiger charge is 2.03. The second-order valence-electron chi connectivity index (χ2n) is 5.66. The van der Waals surface area contributed by atoms with Crippen molar-refractivity contribution in [1.82, 2.24) is 0 Å². The summed E-state index contributed by atoms with van der Waals surface area (Å²) >= 11 is 0. The Morgan fingerprint density at radius 3 is 2.00 bits per heavy atom. The molecule has 5 aromatic rings. The van der Waals surface area contributed by atoms with E-state index in [9.17, 15) is 0 Å². The Morgan fingerprint density at radius 2 is 1.21 bits per heavy atom. The molecule has 0 aliphatic carbocycles. The molecule has 0 aliphatic rings.